The minimum Gasteiger partial charge on any atom is -0.463 e. The van der Waals surface area contributed by atoms with Crippen LogP contribution in [0.25, 0.3) is 0 Å². The third kappa shape index (κ3) is 98.8. The van der Waals surface area contributed by atoms with Crippen molar-refractivity contribution in [3.05, 3.63) is 194 Å². The Morgan fingerprint density at radius 1 is 0.224 bits per heavy atom. The molecule has 5 atom stereocenters. The molecule has 714 valence electrons. The molecule has 0 aromatic rings. The molecule has 18 heteroatoms. The highest BCUT2D eigenvalue weighted by atomic mass is 31.2. The van der Waals surface area contributed by atoms with Gasteiger partial charge in [0, 0.05) is 19.3 Å². The molecular formula is C107H180O16P2. The molecule has 0 aliphatic carbocycles. The molecule has 0 amide bonds. The van der Waals surface area contributed by atoms with Gasteiger partial charge in [-0.05, 0) is 161 Å². The number of ether oxygens (including phenoxy) is 3. The molecular weight excluding hydrogens is 1600 g/mol. The summed E-state index contributed by atoms with van der Waals surface area (Å²) in [6.07, 6.45) is 131. The van der Waals surface area contributed by atoms with Crippen LogP contribution in [-0.2, 0) is 55.8 Å². The van der Waals surface area contributed by atoms with Gasteiger partial charge >= 0.3 is 33.6 Å². The Labute approximate surface area is 763 Å². The van der Waals surface area contributed by atoms with E-state index in [1.54, 1.807) is 0 Å². The molecule has 125 heavy (non-hydrogen) atoms. The van der Waals surface area contributed by atoms with E-state index in [2.05, 4.69) is 215 Å². The molecule has 0 rings (SSSR count). The Morgan fingerprint density at radius 3 is 0.632 bits per heavy atom. The number of aliphatic hydroxyl groups is 2. The number of hydrogen-bond donors (Lipinski definition) is 4. The molecule has 4 N–H and O–H groups in total. The summed E-state index contributed by atoms with van der Waals surface area (Å²) < 4.78 is 61.6. The van der Waals surface area contributed by atoms with Gasteiger partial charge in [0.25, 0.3) is 0 Å². The first kappa shape index (κ1) is 119. The van der Waals surface area contributed by atoms with Crippen LogP contribution in [0.5, 0.6) is 0 Å². The molecule has 0 bridgehead atoms. The third-order valence-corrected chi connectivity index (χ3v) is 22.7. The second-order valence-corrected chi connectivity index (χ2v) is 35.7. The first-order valence-electron chi connectivity index (χ1n) is 49.7. The molecule has 5 unspecified atom stereocenters. The summed E-state index contributed by atoms with van der Waals surface area (Å²) in [6.45, 7) is 2.39. The summed E-state index contributed by atoms with van der Waals surface area (Å²) in [5.41, 5.74) is 0. The summed E-state index contributed by atoms with van der Waals surface area (Å²) in [5, 5.41) is 20.8. The molecule has 0 aromatic carbocycles. The van der Waals surface area contributed by atoms with Gasteiger partial charge in [0.05, 0.1) is 26.4 Å². The lowest BCUT2D eigenvalue weighted by Crippen LogP contribution is -2.30. The van der Waals surface area contributed by atoms with Crippen molar-refractivity contribution in [2.75, 3.05) is 39.6 Å². The van der Waals surface area contributed by atoms with Crippen LogP contribution in [0.1, 0.15) is 406 Å². The van der Waals surface area contributed by atoms with Crippen LogP contribution in [-0.4, -0.2) is 95.9 Å². The number of hydrogen-bond acceptors (Lipinski definition) is 14. The number of allylic oxidation sites excluding steroid dienone is 32. The fourth-order valence-corrected chi connectivity index (χ4v) is 15.0. The van der Waals surface area contributed by atoms with Gasteiger partial charge in [0.1, 0.15) is 25.4 Å². The second kappa shape index (κ2) is 97.4. The first-order valence-corrected chi connectivity index (χ1v) is 52.7. The highest BCUT2D eigenvalue weighted by molar-refractivity contribution is 7.47. The van der Waals surface area contributed by atoms with Gasteiger partial charge in [-0.15, -0.1) is 0 Å². The second-order valence-electron chi connectivity index (χ2n) is 32.8. The summed E-state index contributed by atoms with van der Waals surface area (Å²) in [6, 6.07) is 0. The lowest BCUT2D eigenvalue weighted by Gasteiger charge is -2.21. The predicted molar refractivity (Wildman–Crippen MR) is 528 cm³/mol. The number of phosphoric ester groups is 2. The van der Waals surface area contributed by atoms with Crippen molar-refractivity contribution < 1.29 is 75.8 Å². The zero-order valence-electron chi connectivity index (χ0n) is 79.0. The van der Waals surface area contributed by atoms with Gasteiger partial charge in [0.15, 0.2) is 6.10 Å². The van der Waals surface area contributed by atoms with Gasteiger partial charge in [-0.1, -0.05) is 421 Å². The van der Waals surface area contributed by atoms with E-state index in [1.165, 1.54) is 161 Å². The zero-order valence-corrected chi connectivity index (χ0v) is 80.7. The fourth-order valence-electron chi connectivity index (χ4n) is 13.4. The first-order chi connectivity index (χ1) is 61.2. The Bertz CT molecular complexity index is 3050. The van der Waals surface area contributed by atoms with Crippen LogP contribution >= 0.6 is 15.6 Å². The van der Waals surface area contributed by atoms with Crippen molar-refractivity contribution in [3.8, 4) is 0 Å². The average Bonchev–Trinajstić information content (AvgIpc) is 0.897. The monoisotopic (exact) mass is 1780 g/mol. The Hall–Kier alpha value is -5.61. The normalized spacial score (nSPS) is 14.5. The molecule has 0 aliphatic heterocycles. The van der Waals surface area contributed by atoms with Crippen molar-refractivity contribution in [2.24, 2.45) is 0 Å². The Kier molecular flexibility index (Phi) is 93.1. The van der Waals surface area contributed by atoms with Crippen LogP contribution in [0, 0.1) is 0 Å². The number of phosphoric acid groups is 2. The molecule has 0 aliphatic rings. The summed E-state index contributed by atoms with van der Waals surface area (Å²) in [7, 11) is -9.82. The van der Waals surface area contributed by atoms with E-state index in [9.17, 15) is 43.5 Å². The number of unbranched alkanes of at least 4 members (excludes halogenated alkanes) is 38. The SMILES string of the molecule is CC/C=C\C/C=C\C/C=C\C/C=C\C/C=C\C/C=C\CCCCCCCCCCCCCCCCCCC(=O)OCC(O)COP(=O)(O)OCC(O)COP(=O)(O)OCC(COC(=O)CCCCCCCCCCCCCCC/C=C\C/C=C\C/C=C\C/C=C\C/C=C\CC)OC(=O)CCCCCCCCCCC/C=C\C/C=C\C/C=C\C/C=C\C/C=C\CC. The molecule has 0 heterocycles. The van der Waals surface area contributed by atoms with Gasteiger partial charge in [0.2, 0.25) is 0 Å². The molecule has 0 saturated heterocycles. The zero-order chi connectivity index (χ0) is 90.7. The number of carbonyl (C=O) groups is 3. The molecule has 0 aromatic heterocycles. The summed E-state index contributed by atoms with van der Waals surface area (Å²) >= 11 is 0. The number of aliphatic hydroxyl groups excluding tert-OH is 2. The van der Waals surface area contributed by atoms with Crippen LogP contribution in [0.15, 0.2) is 194 Å². The largest absolute Gasteiger partial charge is 0.472 e. The van der Waals surface area contributed by atoms with E-state index in [0.717, 1.165) is 186 Å². The molecule has 0 fully saturated rings. The van der Waals surface area contributed by atoms with Gasteiger partial charge < -0.3 is 34.2 Å². The molecule has 0 spiro atoms. The minimum atomic E-state index is -4.95. The highest BCUT2D eigenvalue weighted by Crippen LogP contribution is 2.45. The fraction of sp³-hybridized carbons (Fsp3) is 0.673. The molecule has 0 radical (unpaired) electrons. The van der Waals surface area contributed by atoms with Crippen molar-refractivity contribution in [2.45, 2.75) is 424 Å². The third-order valence-electron chi connectivity index (χ3n) is 20.8. The van der Waals surface area contributed by atoms with Crippen molar-refractivity contribution >= 4 is 33.6 Å². The van der Waals surface area contributed by atoms with Crippen molar-refractivity contribution in [3.63, 3.8) is 0 Å². The number of rotatable bonds is 93. The van der Waals surface area contributed by atoms with E-state index < -0.39 is 91.5 Å². The van der Waals surface area contributed by atoms with E-state index in [0.29, 0.717) is 19.3 Å². The topological polar surface area (TPSA) is 231 Å². The lowest BCUT2D eigenvalue weighted by molar-refractivity contribution is -0.161. The van der Waals surface area contributed by atoms with E-state index >= 15 is 0 Å². The predicted octanol–water partition coefficient (Wildman–Crippen LogP) is 31.3. The lowest BCUT2D eigenvalue weighted by atomic mass is 10.0. The maximum Gasteiger partial charge on any atom is 0.472 e. The molecule has 0 saturated carbocycles. The Morgan fingerprint density at radius 2 is 0.400 bits per heavy atom. The number of carbonyl (C=O) groups excluding carboxylic acids is 3. The van der Waals surface area contributed by atoms with Crippen LogP contribution in [0.2, 0.25) is 0 Å². The standard InChI is InChI=1S/C107H180O16P2/c1-4-7-10-13-16-19-22-25-28-31-34-37-40-43-45-47-48-49-50-51-52-54-56-58-60-63-66-69-72-75-78-81-84-87-90-93-105(110)117-96-102(108)97-119-124(113,114)120-98-103(109)99-121-125(115,116)122-101-104(123-107(112)95-92-89-86-83-80-77-74-71-68-65-62-57-42-39-36-33-30-27-24-21-18-15-12-9-6-3)100-118-106(111)94-91-88-85-82-79-76-73-70-67-64-61-59-55-53-46-44-41-38-35-32-29-26-23-20-17-14-11-8-5-2/h7-12,16-21,25-30,34-39,43-46,48-49,57,62,102-104,108-109H,4-6,13-15,22-24,31-33,40-42,47,50-56,58-61,63-101H2,1-3H3,(H,113,114)(H,115,116)/b10-7-,11-8-,12-9-,19-16-,20-17-,21-18-,28-25-,29-26-,30-27-,37-34-,38-35-,39-36-,45-43-,46-44-,49-48-,62-57-. The maximum absolute atomic E-state index is 13.1. The van der Waals surface area contributed by atoms with E-state index in [4.69, 9.17) is 32.3 Å². The summed E-state index contributed by atoms with van der Waals surface area (Å²) in [4.78, 5) is 59.2. The molecule has 16 nitrogen and oxygen atoms in total. The van der Waals surface area contributed by atoms with Gasteiger partial charge in [-0.2, -0.15) is 0 Å². The number of esters is 3. The van der Waals surface area contributed by atoms with Crippen molar-refractivity contribution in [1.29, 1.82) is 0 Å². The van der Waals surface area contributed by atoms with Crippen LogP contribution < -0.4 is 0 Å². The van der Waals surface area contributed by atoms with E-state index in [-0.39, 0.29) is 19.3 Å². The Balaban J connectivity index is 4.59. The van der Waals surface area contributed by atoms with Crippen LogP contribution in [0.4, 0.5) is 0 Å². The highest BCUT2D eigenvalue weighted by Gasteiger charge is 2.30. The van der Waals surface area contributed by atoms with Crippen LogP contribution in [0.3, 0.4) is 0 Å². The average molecular weight is 1780 g/mol. The van der Waals surface area contributed by atoms with E-state index in [1.807, 2.05) is 0 Å². The van der Waals surface area contributed by atoms with Crippen molar-refractivity contribution in [1.82, 2.24) is 0 Å². The summed E-state index contributed by atoms with van der Waals surface area (Å²) in [5.74, 6) is -1.57. The maximum atomic E-state index is 13.1. The smallest absolute Gasteiger partial charge is 0.463 e. The quantitative estimate of drug-likeness (QED) is 0.0146. The van der Waals surface area contributed by atoms with Gasteiger partial charge in [-0.25, -0.2) is 9.13 Å². The van der Waals surface area contributed by atoms with Gasteiger partial charge in [-0.3, -0.25) is 32.5 Å². The minimum absolute atomic E-state index is 0.0922.